The summed E-state index contributed by atoms with van der Waals surface area (Å²) < 4.78 is 1.89. The second kappa shape index (κ2) is 6.18. The number of benzene rings is 1. The van der Waals surface area contributed by atoms with Gasteiger partial charge < -0.3 is 15.4 Å². The Morgan fingerprint density at radius 3 is 2.78 bits per heavy atom. The summed E-state index contributed by atoms with van der Waals surface area (Å²) in [7, 11) is 0. The van der Waals surface area contributed by atoms with Crippen LogP contribution in [0.3, 0.4) is 0 Å². The molecule has 0 bridgehead atoms. The molecule has 2 aromatic heterocycles. The molecule has 0 fully saturated rings. The molecular formula is C16H15N5O2. The Kier molecular flexibility index (Phi) is 3.92. The summed E-state index contributed by atoms with van der Waals surface area (Å²) >= 11 is 0. The van der Waals surface area contributed by atoms with E-state index in [2.05, 4.69) is 15.2 Å². The van der Waals surface area contributed by atoms with Gasteiger partial charge in [-0.25, -0.2) is 4.98 Å². The van der Waals surface area contributed by atoms with Crippen LogP contribution < -0.4 is 5.73 Å². The van der Waals surface area contributed by atoms with E-state index in [1.807, 2.05) is 28.8 Å². The molecule has 7 nitrogen and oxygen atoms in total. The van der Waals surface area contributed by atoms with E-state index in [-0.39, 0.29) is 17.4 Å². The quantitative estimate of drug-likeness (QED) is 0.289. The number of aliphatic hydroxyl groups is 1. The summed E-state index contributed by atoms with van der Waals surface area (Å²) in [5.74, 6) is -0.509. The normalized spacial score (nSPS) is 11.6. The number of carbonyl (C=O) groups is 1. The zero-order chi connectivity index (χ0) is 16.2. The SMILES string of the molecule is Nc1ccc(Cn2ccc(C(=O)C=C(O)c3nc[nH]n3)c2)cc1. The average molecular weight is 309 g/mol. The lowest BCUT2D eigenvalue weighted by atomic mass is 10.2. The van der Waals surface area contributed by atoms with Crippen LogP contribution in [0.15, 0.2) is 55.1 Å². The molecule has 1 aromatic carbocycles. The highest BCUT2D eigenvalue weighted by Gasteiger charge is 2.10. The third-order valence-electron chi connectivity index (χ3n) is 3.29. The van der Waals surface area contributed by atoms with E-state index in [4.69, 9.17) is 5.73 Å². The first-order valence-corrected chi connectivity index (χ1v) is 6.93. The van der Waals surface area contributed by atoms with Gasteiger partial charge in [0.1, 0.15) is 6.33 Å². The molecule has 23 heavy (non-hydrogen) atoms. The van der Waals surface area contributed by atoms with Crippen molar-refractivity contribution in [3.63, 3.8) is 0 Å². The fraction of sp³-hybridized carbons (Fsp3) is 0.0625. The Balaban J connectivity index is 1.72. The molecule has 0 spiro atoms. The third-order valence-corrected chi connectivity index (χ3v) is 3.29. The molecule has 4 N–H and O–H groups in total. The van der Waals surface area contributed by atoms with Gasteiger partial charge in [0.2, 0.25) is 5.82 Å². The Morgan fingerprint density at radius 2 is 2.09 bits per heavy atom. The van der Waals surface area contributed by atoms with Gasteiger partial charge in [-0.15, -0.1) is 0 Å². The van der Waals surface area contributed by atoms with Crippen LogP contribution >= 0.6 is 0 Å². The van der Waals surface area contributed by atoms with Gasteiger partial charge in [-0.3, -0.25) is 9.89 Å². The standard InChI is InChI=1S/C16H15N5O2/c17-13-3-1-11(2-4-13)8-21-6-5-12(9-21)14(22)7-15(23)16-18-10-19-20-16/h1-7,9-10,23H,8,17H2,(H,18,19,20). The van der Waals surface area contributed by atoms with Gasteiger partial charge in [0.05, 0.1) is 0 Å². The summed E-state index contributed by atoms with van der Waals surface area (Å²) in [5.41, 5.74) is 7.92. The maximum Gasteiger partial charge on any atom is 0.215 e. The minimum atomic E-state index is -0.316. The molecule has 0 aliphatic carbocycles. The largest absolute Gasteiger partial charge is 0.504 e. The smallest absolute Gasteiger partial charge is 0.215 e. The van der Waals surface area contributed by atoms with Gasteiger partial charge >= 0.3 is 0 Å². The second-order valence-corrected chi connectivity index (χ2v) is 5.03. The number of allylic oxidation sites excluding steroid dienone is 1. The van der Waals surface area contributed by atoms with E-state index < -0.39 is 0 Å². The number of carbonyl (C=O) groups excluding carboxylic acids is 1. The maximum absolute atomic E-state index is 12.1. The molecule has 0 atom stereocenters. The lowest BCUT2D eigenvalue weighted by molar-refractivity contribution is 0.104. The van der Waals surface area contributed by atoms with E-state index in [0.717, 1.165) is 11.6 Å². The van der Waals surface area contributed by atoms with Crippen LogP contribution in [-0.4, -0.2) is 30.6 Å². The molecule has 0 aliphatic heterocycles. The fourth-order valence-corrected chi connectivity index (χ4v) is 2.12. The van der Waals surface area contributed by atoms with Crippen molar-refractivity contribution < 1.29 is 9.90 Å². The van der Waals surface area contributed by atoms with Crippen molar-refractivity contribution >= 4 is 17.2 Å². The molecule has 3 rings (SSSR count). The predicted molar refractivity (Wildman–Crippen MR) is 85.7 cm³/mol. The van der Waals surface area contributed by atoms with Crippen LogP contribution in [0.2, 0.25) is 0 Å². The molecular weight excluding hydrogens is 294 g/mol. The number of nitrogens with zero attached hydrogens (tertiary/aromatic N) is 3. The molecule has 0 saturated heterocycles. The molecule has 116 valence electrons. The average Bonchev–Trinajstić information content (AvgIpc) is 3.21. The van der Waals surface area contributed by atoms with Crippen LogP contribution in [-0.2, 0) is 6.54 Å². The van der Waals surface area contributed by atoms with Crippen molar-refractivity contribution in [3.8, 4) is 0 Å². The number of nitrogens with one attached hydrogen (secondary N) is 1. The molecule has 0 radical (unpaired) electrons. The zero-order valence-electron chi connectivity index (χ0n) is 12.2. The van der Waals surface area contributed by atoms with Crippen molar-refractivity contribution in [2.75, 3.05) is 5.73 Å². The molecule has 0 amide bonds. The predicted octanol–water partition coefficient (Wildman–Crippen LogP) is 2.02. The number of nitrogens with two attached hydrogens (primary N) is 1. The number of rotatable bonds is 5. The number of anilines is 1. The third kappa shape index (κ3) is 3.46. The molecule has 2 heterocycles. The summed E-state index contributed by atoms with van der Waals surface area (Å²) in [5, 5.41) is 16.0. The highest BCUT2D eigenvalue weighted by molar-refractivity contribution is 6.07. The van der Waals surface area contributed by atoms with Gasteiger partial charge in [0, 0.05) is 36.3 Å². The van der Waals surface area contributed by atoms with Crippen LogP contribution in [0, 0.1) is 0 Å². The topological polar surface area (TPSA) is 110 Å². The molecule has 7 heteroatoms. The van der Waals surface area contributed by atoms with E-state index in [0.29, 0.717) is 17.8 Å². The number of hydrogen-bond donors (Lipinski definition) is 3. The molecule has 3 aromatic rings. The van der Waals surface area contributed by atoms with Crippen LogP contribution in [0.1, 0.15) is 21.7 Å². The number of hydrogen-bond acceptors (Lipinski definition) is 5. The van der Waals surface area contributed by atoms with Crippen LogP contribution in [0.5, 0.6) is 0 Å². The Morgan fingerprint density at radius 1 is 1.30 bits per heavy atom. The summed E-state index contributed by atoms with van der Waals surface area (Å²) in [6, 6.07) is 9.24. The number of aromatic nitrogens is 4. The second-order valence-electron chi connectivity index (χ2n) is 5.03. The fourth-order valence-electron chi connectivity index (χ4n) is 2.12. The maximum atomic E-state index is 12.1. The van der Waals surface area contributed by atoms with Gasteiger partial charge in [0.15, 0.2) is 11.5 Å². The number of aromatic amines is 1. The number of aliphatic hydroxyl groups excluding tert-OH is 1. The van der Waals surface area contributed by atoms with Gasteiger partial charge in [-0.05, 0) is 23.8 Å². The van der Waals surface area contributed by atoms with Gasteiger partial charge in [0.25, 0.3) is 0 Å². The van der Waals surface area contributed by atoms with E-state index in [1.165, 1.54) is 6.33 Å². The van der Waals surface area contributed by atoms with E-state index in [9.17, 15) is 9.90 Å². The lowest BCUT2D eigenvalue weighted by Crippen LogP contribution is -1.99. The highest BCUT2D eigenvalue weighted by atomic mass is 16.3. The van der Waals surface area contributed by atoms with Gasteiger partial charge in [-0.2, -0.15) is 5.10 Å². The minimum absolute atomic E-state index is 0.0830. The van der Waals surface area contributed by atoms with Crippen molar-refractivity contribution in [2.24, 2.45) is 0 Å². The minimum Gasteiger partial charge on any atom is -0.504 e. The Bertz CT molecular complexity index is 832. The van der Waals surface area contributed by atoms with Gasteiger partial charge in [-0.1, -0.05) is 12.1 Å². The Hall–Kier alpha value is -3.35. The first-order chi connectivity index (χ1) is 11.1. The van der Waals surface area contributed by atoms with Crippen molar-refractivity contribution in [1.29, 1.82) is 0 Å². The summed E-state index contributed by atoms with van der Waals surface area (Å²) in [6.07, 6.45) is 5.96. The highest BCUT2D eigenvalue weighted by Crippen LogP contribution is 2.11. The monoisotopic (exact) mass is 309 g/mol. The Labute approximate surface area is 132 Å². The number of H-pyrrole nitrogens is 1. The van der Waals surface area contributed by atoms with Crippen LogP contribution in [0.4, 0.5) is 5.69 Å². The first kappa shape index (κ1) is 14.6. The van der Waals surface area contributed by atoms with E-state index >= 15 is 0 Å². The summed E-state index contributed by atoms with van der Waals surface area (Å²) in [6.45, 7) is 0.629. The number of ketones is 1. The molecule has 0 unspecified atom stereocenters. The van der Waals surface area contributed by atoms with E-state index in [1.54, 1.807) is 18.5 Å². The summed E-state index contributed by atoms with van der Waals surface area (Å²) in [4.78, 5) is 15.9. The molecule has 0 aliphatic rings. The lowest BCUT2D eigenvalue weighted by Gasteiger charge is -2.03. The zero-order valence-corrected chi connectivity index (χ0v) is 12.2. The van der Waals surface area contributed by atoms with Crippen molar-refractivity contribution in [2.45, 2.75) is 6.54 Å². The van der Waals surface area contributed by atoms with Crippen LogP contribution in [0.25, 0.3) is 5.76 Å². The first-order valence-electron chi connectivity index (χ1n) is 6.93. The number of nitrogen functional groups attached to an aromatic ring is 1. The van der Waals surface area contributed by atoms with Crippen molar-refractivity contribution in [1.82, 2.24) is 19.7 Å². The molecule has 0 saturated carbocycles. The van der Waals surface area contributed by atoms with Crippen molar-refractivity contribution in [3.05, 3.63) is 72.1 Å².